The highest BCUT2D eigenvalue weighted by Crippen LogP contribution is 2.35. The zero-order chi connectivity index (χ0) is 23.9. The van der Waals surface area contributed by atoms with Crippen LogP contribution in [0.3, 0.4) is 0 Å². The lowest BCUT2D eigenvalue weighted by molar-refractivity contribution is 0.0369. The monoisotopic (exact) mass is 459 g/mol. The number of unbranched alkanes of at least 4 members (excludes halogenated alkanes) is 1. The van der Waals surface area contributed by atoms with Gasteiger partial charge in [0.05, 0.1) is 18.8 Å². The lowest BCUT2D eigenvalue weighted by Crippen LogP contribution is -2.37. The van der Waals surface area contributed by atoms with Crippen LogP contribution in [0.4, 0.5) is 0 Å². The Balaban J connectivity index is 1.67. The van der Waals surface area contributed by atoms with Crippen LogP contribution < -0.4 is 5.73 Å². The second kappa shape index (κ2) is 11.5. The van der Waals surface area contributed by atoms with E-state index in [2.05, 4.69) is 64.9 Å². The summed E-state index contributed by atoms with van der Waals surface area (Å²) in [5, 5.41) is 0. The number of benzene rings is 2. The summed E-state index contributed by atoms with van der Waals surface area (Å²) in [5.74, 6) is -0.343. The number of carbonyl (C=O) groups is 1. The molecule has 0 atom stereocenters. The summed E-state index contributed by atoms with van der Waals surface area (Å²) in [5.41, 5.74) is 13.3. The molecule has 0 bridgehead atoms. The van der Waals surface area contributed by atoms with Gasteiger partial charge < -0.3 is 15.0 Å². The fourth-order valence-corrected chi connectivity index (χ4v) is 5.05. The number of carbonyl (C=O) groups excluding carboxylic acids is 1. The van der Waals surface area contributed by atoms with Gasteiger partial charge in [-0.2, -0.15) is 0 Å². The van der Waals surface area contributed by atoms with E-state index in [4.69, 9.17) is 10.5 Å². The summed E-state index contributed by atoms with van der Waals surface area (Å²) >= 11 is 0. The minimum Gasteiger partial charge on any atom is -0.379 e. The van der Waals surface area contributed by atoms with Crippen molar-refractivity contribution in [2.24, 2.45) is 5.73 Å². The predicted octanol–water partition coefficient (Wildman–Crippen LogP) is 5.29. The molecule has 0 saturated carbocycles. The van der Waals surface area contributed by atoms with Gasteiger partial charge in [0.25, 0.3) is 5.91 Å². The van der Waals surface area contributed by atoms with Gasteiger partial charge >= 0.3 is 0 Å². The van der Waals surface area contributed by atoms with E-state index in [9.17, 15) is 4.79 Å². The Morgan fingerprint density at radius 1 is 0.912 bits per heavy atom. The molecule has 2 aromatic carbocycles. The van der Waals surface area contributed by atoms with E-state index >= 15 is 0 Å². The van der Waals surface area contributed by atoms with Gasteiger partial charge in [-0.15, -0.1) is 0 Å². The number of ether oxygens (including phenoxy) is 1. The molecule has 34 heavy (non-hydrogen) atoms. The highest BCUT2D eigenvalue weighted by atomic mass is 16.5. The third-order valence-electron chi connectivity index (χ3n) is 6.89. The molecule has 0 aliphatic carbocycles. The van der Waals surface area contributed by atoms with E-state index in [0.717, 1.165) is 81.9 Å². The van der Waals surface area contributed by atoms with Gasteiger partial charge in [-0.3, -0.25) is 9.69 Å². The van der Waals surface area contributed by atoms with E-state index in [-0.39, 0.29) is 5.91 Å². The fraction of sp³-hybridized carbons (Fsp3) is 0.414. The molecule has 4 rings (SSSR count). The third kappa shape index (κ3) is 5.43. The van der Waals surface area contributed by atoms with Crippen molar-refractivity contribution in [2.75, 3.05) is 32.8 Å². The van der Waals surface area contributed by atoms with E-state index in [0.29, 0.717) is 5.56 Å². The number of rotatable bonds is 10. The molecular weight excluding hydrogens is 422 g/mol. The van der Waals surface area contributed by atoms with Crippen molar-refractivity contribution < 1.29 is 9.53 Å². The van der Waals surface area contributed by atoms with Crippen LogP contribution in [0.2, 0.25) is 0 Å². The maximum Gasteiger partial charge on any atom is 0.251 e. The van der Waals surface area contributed by atoms with E-state index in [1.54, 1.807) is 0 Å². The highest BCUT2D eigenvalue weighted by molar-refractivity contribution is 6.02. The second-order valence-electron chi connectivity index (χ2n) is 9.15. The average Bonchev–Trinajstić information content (AvgIpc) is 3.15. The van der Waals surface area contributed by atoms with Gasteiger partial charge in [-0.25, -0.2) is 0 Å². The zero-order valence-corrected chi connectivity index (χ0v) is 20.6. The van der Waals surface area contributed by atoms with Crippen LogP contribution in [0.25, 0.3) is 22.3 Å². The first kappa shape index (κ1) is 24.2. The lowest BCUT2D eigenvalue weighted by atomic mass is 9.95. The van der Waals surface area contributed by atoms with E-state index in [1.165, 1.54) is 16.8 Å². The first-order chi connectivity index (χ1) is 16.6. The number of morpholine rings is 1. The molecule has 1 aliphatic heterocycles. The summed E-state index contributed by atoms with van der Waals surface area (Å²) in [7, 11) is 0. The molecular formula is C29H37N3O2. The molecule has 0 radical (unpaired) electrons. The summed E-state index contributed by atoms with van der Waals surface area (Å²) < 4.78 is 7.84. The predicted molar refractivity (Wildman–Crippen MR) is 139 cm³/mol. The van der Waals surface area contributed by atoms with Gasteiger partial charge in [-0.1, -0.05) is 67.9 Å². The van der Waals surface area contributed by atoms with Crippen molar-refractivity contribution in [3.63, 3.8) is 0 Å². The topological polar surface area (TPSA) is 60.5 Å². The van der Waals surface area contributed by atoms with Gasteiger partial charge in [0, 0.05) is 43.1 Å². The lowest BCUT2D eigenvalue weighted by Gasteiger charge is -2.26. The van der Waals surface area contributed by atoms with Crippen molar-refractivity contribution >= 4 is 5.91 Å². The average molecular weight is 460 g/mol. The first-order valence-electron chi connectivity index (χ1n) is 12.6. The first-order valence-corrected chi connectivity index (χ1v) is 12.6. The number of nitrogens with two attached hydrogens (primary N) is 1. The van der Waals surface area contributed by atoms with Crippen LogP contribution in [-0.2, 0) is 17.7 Å². The van der Waals surface area contributed by atoms with Crippen LogP contribution in [0.15, 0.2) is 54.6 Å². The van der Waals surface area contributed by atoms with Gasteiger partial charge in [-0.05, 0) is 42.9 Å². The zero-order valence-electron chi connectivity index (χ0n) is 20.6. The Morgan fingerprint density at radius 3 is 2.21 bits per heavy atom. The minimum absolute atomic E-state index is 0.343. The number of hydrogen-bond acceptors (Lipinski definition) is 3. The standard InChI is InChI=1S/C29H37N3O2/c1-3-4-11-26-28(25-14-12-24(13-15-25)23-9-6-5-7-10-23)27(29(30)33)22(2)32(26)17-8-16-31-18-20-34-21-19-31/h5-7,9-10,12-15H,3-4,8,11,16-21H2,1-2H3,(H2,30,33). The SMILES string of the molecule is CCCCc1c(-c2ccc(-c3ccccc3)cc2)c(C(N)=O)c(C)n1CCCN1CCOCC1. The maximum atomic E-state index is 12.7. The van der Waals surface area contributed by atoms with Crippen molar-refractivity contribution in [3.8, 4) is 22.3 Å². The molecule has 3 aromatic rings. The molecule has 0 spiro atoms. The summed E-state index contributed by atoms with van der Waals surface area (Å²) in [6.45, 7) is 9.83. The van der Waals surface area contributed by atoms with Crippen LogP contribution in [0.1, 0.15) is 47.9 Å². The van der Waals surface area contributed by atoms with Gasteiger partial charge in [0.2, 0.25) is 0 Å². The molecule has 1 saturated heterocycles. The Hall–Kier alpha value is -2.89. The Morgan fingerprint density at radius 2 is 1.56 bits per heavy atom. The molecule has 5 heteroatoms. The summed E-state index contributed by atoms with van der Waals surface area (Å²) in [4.78, 5) is 15.1. The van der Waals surface area contributed by atoms with Gasteiger partial charge in [0.1, 0.15) is 0 Å². The van der Waals surface area contributed by atoms with Crippen molar-refractivity contribution in [1.29, 1.82) is 0 Å². The van der Waals surface area contributed by atoms with E-state index < -0.39 is 0 Å². The smallest absolute Gasteiger partial charge is 0.251 e. The molecule has 1 fully saturated rings. The Bertz CT molecular complexity index is 1080. The van der Waals surface area contributed by atoms with Crippen LogP contribution >= 0.6 is 0 Å². The molecule has 0 unspecified atom stereocenters. The molecule has 1 amide bonds. The normalized spacial score (nSPS) is 14.4. The molecule has 1 aliphatic rings. The summed E-state index contributed by atoms with van der Waals surface area (Å²) in [6, 6.07) is 18.9. The van der Waals surface area contributed by atoms with Crippen LogP contribution in [0, 0.1) is 6.92 Å². The highest BCUT2D eigenvalue weighted by Gasteiger charge is 2.24. The third-order valence-corrected chi connectivity index (χ3v) is 6.89. The Labute approximate surface area is 203 Å². The number of primary amides is 1. The van der Waals surface area contributed by atoms with E-state index in [1.807, 2.05) is 13.0 Å². The fourth-order valence-electron chi connectivity index (χ4n) is 5.05. The molecule has 2 heterocycles. The largest absolute Gasteiger partial charge is 0.379 e. The summed E-state index contributed by atoms with van der Waals surface area (Å²) in [6.07, 6.45) is 4.17. The van der Waals surface area contributed by atoms with Crippen LogP contribution in [0.5, 0.6) is 0 Å². The number of nitrogens with zero attached hydrogens (tertiary/aromatic N) is 2. The van der Waals surface area contributed by atoms with Crippen molar-refractivity contribution in [1.82, 2.24) is 9.47 Å². The molecule has 5 nitrogen and oxygen atoms in total. The number of hydrogen-bond donors (Lipinski definition) is 1. The quantitative estimate of drug-likeness (QED) is 0.448. The number of aromatic nitrogens is 1. The Kier molecular flexibility index (Phi) is 8.20. The molecule has 2 N–H and O–H groups in total. The minimum atomic E-state index is -0.343. The van der Waals surface area contributed by atoms with Crippen molar-refractivity contribution in [2.45, 2.75) is 46.1 Å². The van der Waals surface area contributed by atoms with Crippen molar-refractivity contribution in [3.05, 3.63) is 71.5 Å². The second-order valence-corrected chi connectivity index (χ2v) is 9.15. The molecule has 180 valence electrons. The molecule has 1 aromatic heterocycles. The van der Waals surface area contributed by atoms with Crippen LogP contribution in [-0.4, -0.2) is 48.2 Å². The maximum absolute atomic E-state index is 12.7. The van der Waals surface area contributed by atoms with Gasteiger partial charge in [0.15, 0.2) is 0 Å². The number of amides is 1.